The first-order valence-electron chi connectivity index (χ1n) is 12.2. The molecule has 0 bridgehead atoms. The molecule has 182 valence electrons. The number of carbonyl (C=O) groups excluding carboxylic acids is 3. The van der Waals surface area contributed by atoms with Crippen molar-refractivity contribution in [3.63, 3.8) is 0 Å². The fraction of sp³-hybridized carbons (Fsp3) is 0.875. The van der Waals surface area contributed by atoms with Crippen LogP contribution in [0.2, 0.25) is 0 Å². The number of nitrogens with one attached hydrogen (secondary N) is 1. The van der Waals surface area contributed by atoms with Crippen molar-refractivity contribution in [2.24, 2.45) is 0 Å². The fourth-order valence-electron chi connectivity index (χ4n) is 3.08. The lowest BCUT2D eigenvalue weighted by Gasteiger charge is -2.06. The number of hydrogen-bond acceptors (Lipinski definition) is 6. The molecule has 7 nitrogen and oxygen atoms in total. The molecule has 0 heterocycles. The Hall–Kier alpha value is -1.47. The molecule has 0 aliphatic carbocycles. The van der Waals surface area contributed by atoms with Gasteiger partial charge in [0.05, 0.1) is 19.8 Å². The number of carbonyl (C=O) groups is 3. The minimum Gasteiger partial charge on any atom is -0.450 e. The van der Waals surface area contributed by atoms with E-state index in [0.717, 1.165) is 64.4 Å². The molecule has 0 aromatic rings. The van der Waals surface area contributed by atoms with Crippen LogP contribution in [-0.4, -0.2) is 57.2 Å². The molecule has 1 amide bonds. The molecule has 0 atom stereocenters. The second-order valence-corrected chi connectivity index (χ2v) is 7.78. The third-order valence-corrected chi connectivity index (χ3v) is 4.82. The molecular weight excluding hydrogens is 398 g/mol. The van der Waals surface area contributed by atoms with E-state index >= 15 is 0 Å². The van der Waals surface area contributed by atoms with E-state index in [1.54, 1.807) is 6.92 Å². The molecular formula is C24H45NO6. The van der Waals surface area contributed by atoms with Gasteiger partial charge in [-0.15, -0.1) is 0 Å². The molecule has 0 aromatic heterocycles. The lowest BCUT2D eigenvalue weighted by Crippen LogP contribution is -2.25. The Morgan fingerprint density at radius 1 is 0.613 bits per heavy atom. The smallest absolute Gasteiger partial charge is 0.407 e. The highest BCUT2D eigenvalue weighted by Gasteiger charge is 2.03. The Morgan fingerprint density at radius 2 is 1.13 bits per heavy atom. The average molecular weight is 444 g/mol. The number of Topliss-reactive ketones (excluding diaryl/α,β-unsaturated/α-hetero) is 2. The highest BCUT2D eigenvalue weighted by molar-refractivity contribution is 5.78. The Balaban J connectivity index is 3.23. The summed E-state index contributed by atoms with van der Waals surface area (Å²) in [5.41, 5.74) is 0. The van der Waals surface area contributed by atoms with Gasteiger partial charge < -0.3 is 19.5 Å². The van der Waals surface area contributed by atoms with E-state index in [2.05, 4.69) is 5.32 Å². The molecule has 0 fully saturated rings. The number of ether oxygens (including phenoxy) is 3. The first-order chi connectivity index (χ1) is 15.1. The van der Waals surface area contributed by atoms with Gasteiger partial charge in [0.25, 0.3) is 0 Å². The predicted octanol–water partition coefficient (Wildman–Crippen LogP) is 5.00. The molecule has 0 saturated heterocycles. The number of hydrogen-bond donors (Lipinski definition) is 1. The molecule has 0 unspecified atom stereocenters. The second kappa shape index (κ2) is 23.2. The Bertz CT molecular complexity index is 455. The molecule has 0 rings (SSSR count). The highest BCUT2D eigenvalue weighted by atomic mass is 16.5. The van der Waals surface area contributed by atoms with Crippen LogP contribution in [0.1, 0.15) is 97.3 Å². The van der Waals surface area contributed by atoms with Gasteiger partial charge >= 0.3 is 6.09 Å². The summed E-state index contributed by atoms with van der Waals surface area (Å²) < 4.78 is 15.9. The normalized spacial score (nSPS) is 10.8. The summed E-state index contributed by atoms with van der Waals surface area (Å²) >= 11 is 0. The molecule has 0 aliphatic rings. The van der Waals surface area contributed by atoms with E-state index in [4.69, 9.17) is 14.2 Å². The van der Waals surface area contributed by atoms with Crippen LogP contribution in [0.15, 0.2) is 0 Å². The van der Waals surface area contributed by atoms with E-state index in [-0.39, 0.29) is 6.09 Å². The monoisotopic (exact) mass is 443 g/mol. The topological polar surface area (TPSA) is 90.9 Å². The molecule has 31 heavy (non-hydrogen) atoms. The van der Waals surface area contributed by atoms with Crippen LogP contribution >= 0.6 is 0 Å². The second-order valence-electron chi connectivity index (χ2n) is 7.78. The van der Waals surface area contributed by atoms with Crippen molar-refractivity contribution in [1.82, 2.24) is 5.32 Å². The quantitative estimate of drug-likeness (QED) is 0.224. The van der Waals surface area contributed by atoms with Gasteiger partial charge in [0.15, 0.2) is 0 Å². The van der Waals surface area contributed by atoms with E-state index < -0.39 is 0 Å². The van der Waals surface area contributed by atoms with Crippen LogP contribution in [0.5, 0.6) is 0 Å². The van der Waals surface area contributed by atoms with E-state index in [9.17, 15) is 14.4 Å². The molecule has 0 saturated carbocycles. The van der Waals surface area contributed by atoms with E-state index in [0.29, 0.717) is 70.2 Å². The minimum atomic E-state index is -0.376. The third kappa shape index (κ3) is 23.0. The molecule has 0 spiro atoms. The van der Waals surface area contributed by atoms with Crippen LogP contribution in [-0.2, 0) is 23.8 Å². The summed E-state index contributed by atoms with van der Waals surface area (Å²) in [5.74, 6) is 0.678. The van der Waals surface area contributed by atoms with Gasteiger partial charge in [-0.3, -0.25) is 9.59 Å². The number of rotatable bonds is 23. The first-order valence-corrected chi connectivity index (χ1v) is 12.2. The lowest BCUT2D eigenvalue weighted by atomic mass is 10.1. The maximum atomic E-state index is 11.9. The van der Waals surface area contributed by atoms with Crippen LogP contribution < -0.4 is 5.32 Å². The van der Waals surface area contributed by atoms with Crippen LogP contribution in [0.3, 0.4) is 0 Å². The zero-order valence-corrected chi connectivity index (χ0v) is 19.9. The van der Waals surface area contributed by atoms with Crippen molar-refractivity contribution in [3.8, 4) is 0 Å². The van der Waals surface area contributed by atoms with Gasteiger partial charge in [-0.25, -0.2) is 4.79 Å². The van der Waals surface area contributed by atoms with Gasteiger partial charge in [0, 0.05) is 45.4 Å². The summed E-state index contributed by atoms with van der Waals surface area (Å²) in [6, 6.07) is 0. The van der Waals surface area contributed by atoms with Crippen molar-refractivity contribution in [3.05, 3.63) is 0 Å². The molecule has 0 aromatic carbocycles. The zero-order chi connectivity index (χ0) is 23.0. The van der Waals surface area contributed by atoms with Crippen molar-refractivity contribution in [2.75, 3.05) is 39.6 Å². The van der Waals surface area contributed by atoms with Gasteiger partial charge in [-0.05, 0) is 51.9 Å². The number of alkyl carbamates (subject to hydrolysis) is 1. The highest BCUT2D eigenvalue weighted by Crippen LogP contribution is 2.06. The van der Waals surface area contributed by atoms with Gasteiger partial charge in [0.2, 0.25) is 0 Å². The summed E-state index contributed by atoms with van der Waals surface area (Å²) in [4.78, 5) is 34.3. The average Bonchev–Trinajstić information content (AvgIpc) is 2.74. The molecule has 0 aliphatic heterocycles. The van der Waals surface area contributed by atoms with Crippen molar-refractivity contribution in [1.29, 1.82) is 0 Å². The summed E-state index contributed by atoms with van der Waals surface area (Å²) in [6.45, 7) is 7.34. The zero-order valence-electron chi connectivity index (χ0n) is 19.9. The molecule has 0 radical (unpaired) electrons. The van der Waals surface area contributed by atoms with Gasteiger partial charge in [-0.2, -0.15) is 0 Å². The number of unbranched alkanes of at least 4 members (excludes halogenated alkanes) is 5. The number of amides is 1. The standard InChI is InChI=1S/C24H45NO6/c1-3-13-22(26)14-8-6-11-18-29-20-21-30-19-12-9-16-23(27)15-7-5-10-17-25-24(28)31-4-2/h3-21H2,1-2H3,(H,25,28). The molecule has 7 heteroatoms. The summed E-state index contributed by atoms with van der Waals surface area (Å²) in [5, 5.41) is 2.68. The number of ketones is 2. The van der Waals surface area contributed by atoms with Gasteiger partial charge in [-0.1, -0.05) is 19.8 Å². The fourth-order valence-corrected chi connectivity index (χ4v) is 3.08. The maximum Gasteiger partial charge on any atom is 0.407 e. The van der Waals surface area contributed by atoms with Crippen LogP contribution in [0.25, 0.3) is 0 Å². The minimum absolute atomic E-state index is 0.304. The van der Waals surface area contributed by atoms with Crippen molar-refractivity contribution < 1.29 is 28.6 Å². The summed E-state index contributed by atoms with van der Waals surface area (Å²) in [6.07, 6.45) is 10.6. The summed E-state index contributed by atoms with van der Waals surface area (Å²) in [7, 11) is 0. The van der Waals surface area contributed by atoms with Crippen molar-refractivity contribution in [2.45, 2.75) is 97.3 Å². The van der Waals surface area contributed by atoms with Crippen LogP contribution in [0, 0.1) is 0 Å². The third-order valence-electron chi connectivity index (χ3n) is 4.82. The predicted molar refractivity (Wildman–Crippen MR) is 122 cm³/mol. The molecule has 1 N–H and O–H groups in total. The lowest BCUT2D eigenvalue weighted by molar-refractivity contribution is -0.120. The van der Waals surface area contributed by atoms with E-state index in [1.165, 1.54) is 0 Å². The van der Waals surface area contributed by atoms with Crippen LogP contribution in [0.4, 0.5) is 4.79 Å². The largest absolute Gasteiger partial charge is 0.450 e. The van der Waals surface area contributed by atoms with E-state index in [1.807, 2.05) is 6.92 Å². The Morgan fingerprint density at radius 3 is 1.71 bits per heavy atom. The first kappa shape index (κ1) is 29.5. The Labute approximate surface area is 189 Å². The SMILES string of the molecule is CCCC(=O)CCCCCOCCOCCCCC(=O)CCCCCNC(=O)OCC. The van der Waals surface area contributed by atoms with Gasteiger partial charge in [0.1, 0.15) is 11.6 Å². The maximum absolute atomic E-state index is 11.9. The Kier molecular flexibility index (Phi) is 22.1. The van der Waals surface area contributed by atoms with Crippen molar-refractivity contribution >= 4 is 17.7 Å².